The Morgan fingerprint density at radius 1 is 1.00 bits per heavy atom. The van der Waals surface area contributed by atoms with Gasteiger partial charge in [-0.1, -0.05) is 38.1 Å². The van der Waals surface area contributed by atoms with E-state index < -0.39 is 17.7 Å². The summed E-state index contributed by atoms with van der Waals surface area (Å²) >= 11 is 0. The Morgan fingerprint density at radius 2 is 1.60 bits per heavy atom. The number of amides is 1. The van der Waals surface area contributed by atoms with Gasteiger partial charge in [-0.05, 0) is 55.2 Å². The number of nitrogens with zero attached hydrogens (tertiary/aromatic N) is 2. The predicted molar refractivity (Wildman–Crippen MR) is 119 cm³/mol. The fourth-order valence-electron chi connectivity index (χ4n) is 4.42. The van der Waals surface area contributed by atoms with Crippen LogP contribution in [0.5, 0.6) is 0 Å². The average molecular weight is 405 g/mol. The van der Waals surface area contributed by atoms with Crippen LogP contribution in [0.3, 0.4) is 0 Å². The average Bonchev–Trinajstić information content (AvgIpc) is 3.36. The van der Waals surface area contributed by atoms with Gasteiger partial charge in [-0.25, -0.2) is 0 Å². The van der Waals surface area contributed by atoms with E-state index in [9.17, 15) is 14.7 Å². The topological polar surface area (TPSA) is 60.9 Å². The van der Waals surface area contributed by atoms with Crippen molar-refractivity contribution in [3.8, 4) is 0 Å². The van der Waals surface area contributed by atoms with Gasteiger partial charge in [-0.15, -0.1) is 0 Å². The van der Waals surface area contributed by atoms with Crippen LogP contribution in [0.4, 0.5) is 11.4 Å². The lowest BCUT2D eigenvalue weighted by Crippen LogP contribution is -2.32. The molecule has 5 heteroatoms. The number of aliphatic hydroxyl groups excluding tert-OH is 1. The molecule has 1 saturated heterocycles. The van der Waals surface area contributed by atoms with Gasteiger partial charge in [0.2, 0.25) is 0 Å². The van der Waals surface area contributed by atoms with Crippen LogP contribution in [-0.4, -0.2) is 29.9 Å². The Morgan fingerprint density at radius 3 is 2.20 bits per heavy atom. The van der Waals surface area contributed by atoms with E-state index in [1.165, 1.54) is 12.8 Å². The first-order chi connectivity index (χ1) is 14.4. The molecule has 0 radical (unpaired) electrons. The van der Waals surface area contributed by atoms with Crippen molar-refractivity contribution < 1.29 is 14.7 Å². The molecule has 2 heterocycles. The number of carbonyl (C=O) groups excluding carboxylic acids is 2. The molecule has 30 heavy (non-hydrogen) atoms. The van der Waals surface area contributed by atoms with Crippen LogP contribution in [0.2, 0.25) is 0 Å². The van der Waals surface area contributed by atoms with E-state index in [-0.39, 0.29) is 17.3 Å². The van der Waals surface area contributed by atoms with E-state index in [1.807, 2.05) is 55.5 Å². The number of aliphatic hydroxyl groups is 1. The zero-order valence-electron chi connectivity index (χ0n) is 17.8. The van der Waals surface area contributed by atoms with Crippen LogP contribution >= 0.6 is 0 Å². The number of ketones is 1. The third-order valence-corrected chi connectivity index (χ3v) is 6.08. The zero-order valence-corrected chi connectivity index (χ0v) is 17.8. The van der Waals surface area contributed by atoms with Gasteiger partial charge in [-0.2, -0.15) is 0 Å². The molecule has 1 fully saturated rings. The minimum absolute atomic E-state index is 0.188. The Hall–Kier alpha value is -3.08. The maximum Gasteiger partial charge on any atom is 0.294 e. The molecule has 1 amide bonds. The Kier molecular flexibility index (Phi) is 5.37. The summed E-state index contributed by atoms with van der Waals surface area (Å²) in [5.41, 5.74) is 3.81. The summed E-state index contributed by atoms with van der Waals surface area (Å²) in [6, 6.07) is 14.9. The first kappa shape index (κ1) is 20.2. The van der Waals surface area contributed by atoms with Crippen LogP contribution < -0.4 is 9.80 Å². The van der Waals surface area contributed by atoms with Crippen molar-refractivity contribution in [2.45, 2.75) is 39.7 Å². The minimum atomic E-state index is -0.633. The van der Waals surface area contributed by atoms with Gasteiger partial charge in [0.1, 0.15) is 0 Å². The molecule has 0 aliphatic carbocycles. The highest BCUT2D eigenvalue weighted by Gasteiger charge is 2.45. The fraction of sp³-hybridized carbons (Fsp3) is 0.360. The lowest BCUT2D eigenvalue weighted by molar-refractivity contribution is -0.119. The second-order valence-electron chi connectivity index (χ2n) is 8.43. The number of rotatable bonds is 5. The van der Waals surface area contributed by atoms with Gasteiger partial charge in [-0.3, -0.25) is 14.5 Å². The number of anilines is 2. The Balaban J connectivity index is 1.79. The lowest BCUT2D eigenvalue weighted by Gasteiger charge is -2.29. The van der Waals surface area contributed by atoms with Gasteiger partial charge >= 0.3 is 0 Å². The van der Waals surface area contributed by atoms with Crippen molar-refractivity contribution in [2.75, 3.05) is 22.9 Å². The highest BCUT2D eigenvalue weighted by atomic mass is 16.3. The summed E-state index contributed by atoms with van der Waals surface area (Å²) in [6.07, 6.45) is 2.39. The van der Waals surface area contributed by atoms with Gasteiger partial charge in [0.25, 0.3) is 5.91 Å². The van der Waals surface area contributed by atoms with Crippen molar-refractivity contribution in [3.63, 3.8) is 0 Å². The van der Waals surface area contributed by atoms with E-state index in [2.05, 4.69) is 4.90 Å². The second kappa shape index (κ2) is 7.98. The highest BCUT2D eigenvalue weighted by molar-refractivity contribution is 6.17. The van der Waals surface area contributed by atoms with Gasteiger partial charge in [0.05, 0.1) is 11.6 Å². The van der Waals surface area contributed by atoms with E-state index in [4.69, 9.17) is 0 Å². The van der Waals surface area contributed by atoms with E-state index in [0.717, 1.165) is 29.9 Å². The van der Waals surface area contributed by atoms with Crippen molar-refractivity contribution in [1.29, 1.82) is 0 Å². The molecule has 2 aliphatic rings. The van der Waals surface area contributed by atoms with E-state index in [1.54, 1.807) is 18.7 Å². The lowest BCUT2D eigenvalue weighted by atomic mass is 9.89. The fourth-order valence-corrected chi connectivity index (χ4v) is 4.42. The summed E-state index contributed by atoms with van der Waals surface area (Å²) < 4.78 is 0. The molecular weight excluding hydrogens is 376 g/mol. The molecule has 1 unspecified atom stereocenters. The number of carbonyl (C=O) groups is 2. The van der Waals surface area contributed by atoms with Crippen molar-refractivity contribution in [1.82, 2.24) is 0 Å². The van der Waals surface area contributed by atoms with E-state index >= 15 is 0 Å². The maximum atomic E-state index is 13.1. The third kappa shape index (κ3) is 3.38. The highest BCUT2D eigenvalue weighted by Crippen LogP contribution is 2.43. The normalized spacial score (nSPS) is 19.3. The van der Waals surface area contributed by atoms with Crippen molar-refractivity contribution in [2.24, 2.45) is 5.92 Å². The molecule has 0 saturated carbocycles. The molecular formula is C25H28N2O3. The molecule has 0 bridgehead atoms. The quantitative estimate of drug-likeness (QED) is 0.783. The van der Waals surface area contributed by atoms with Crippen LogP contribution in [0.25, 0.3) is 0 Å². The molecule has 0 spiro atoms. The third-order valence-electron chi connectivity index (χ3n) is 6.08. The first-order valence-electron chi connectivity index (χ1n) is 10.6. The Labute approximate surface area is 177 Å². The molecule has 2 aromatic rings. The van der Waals surface area contributed by atoms with Gasteiger partial charge < -0.3 is 10.0 Å². The van der Waals surface area contributed by atoms with Gasteiger partial charge in [0, 0.05) is 30.4 Å². The summed E-state index contributed by atoms with van der Waals surface area (Å²) in [7, 11) is 0. The second-order valence-corrected chi connectivity index (χ2v) is 8.43. The first-order valence-corrected chi connectivity index (χ1v) is 10.6. The summed E-state index contributed by atoms with van der Waals surface area (Å²) in [5.74, 6) is -1.49. The molecule has 5 nitrogen and oxygen atoms in total. The van der Waals surface area contributed by atoms with Crippen molar-refractivity contribution in [3.05, 3.63) is 71.0 Å². The van der Waals surface area contributed by atoms with Crippen LogP contribution in [0.15, 0.2) is 59.9 Å². The smallest absolute Gasteiger partial charge is 0.294 e. The monoisotopic (exact) mass is 404 g/mol. The number of aryl methyl sites for hydroxylation is 1. The van der Waals surface area contributed by atoms with Gasteiger partial charge in [0.15, 0.2) is 11.5 Å². The largest absolute Gasteiger partial charge is 0.503 e. The summed E-state index contributed by atoms with van der Waals surface area (Å²) in [6.45, 7) is 7.62. The van der Waals surface area contributed by atoms with Crippen LogP contribution in [0, 0.1) is 12.8 Å². The molecule has 1 N–H and O–H groups in total. The number of benzene rings is 2. The number of hydrogen-bond donors (Lipinski definition) is 1. The van der Waals surface area contributed by atoms with E-state index in [0.29, 0.717) is 5.69 Å². The SMILES string of the molecule is Cc1ccccc1C1C(C(=O)C(C)C)=C(O)C(=O)N1c1ccc(N2CCCC2)cc1. The molecule has 0 aromatic heterocycles. The molecule has 2 aromatic carbocycles. The number of hydrogen-bond acceptors (Lipinski definition) is 4. The number of Topliss-reactive ketones (excluding diaryl/α,β-unsaturated/α-hetero) is 1. The summed E-state index contributed by atoms with van der Waals surface area (Å²) in [4.78, 5) is 30.0. The zero-order chi connectivity index (χ0) is 21.4. The standard InChI is InChI=1S/C25H28N2O3/c1-16(2)23(28)21-22(20-9-5-4-8-17(20)3)27(25(30)24(21)29)19-12-10-18(11-13-19)26-14-6-7-15-26/h4-5,8-13,16,22,29H,6-7,14-15H2,1-3H3. The summed E-state index contributed by atoms with van der Waals surface area (Å²) in [5, 5.41) is 10.7. The minimum Gasteiger partial charge on any atom is -0.503 e. The molecule has 1 atom stereocenters. The maximum absolute atomic E-state index is 13.1. The predicted octanol–water partition coefficient (Wildman–Crippen LogP) is 4.72. The molecule has 156 valence electrons. The van der Waals surface area contributed by atoms with Crippen LogP contribution in [-0.2, 0) is 9.59 Å². The molecule has 4 rings (SSSR count). The van der Waals surface area contributed by atoms with Crippen molar-refractivity contribution >= 4 is 23.1 Å². The van der Waals surface area contributed by atoms with Crippen LogP contribution in [0.1, 0.15) is 43.9 Å². The molecule has 2 aliphatic heterocycles. The Bertz CT molecular complexity index is 1000.